The fraction of sp³-hybridized carbons (Fsp3) is 0.118. The molecule has 0 spiro atoms. The maximum atomic E-state index is 12.3. The molecule has 0 fully saturated rings. The number of hydrogen-bond donors (Lipinski definition) is 0. The van der Waals surface area contributed by atoms with E-state index in [1.807, 2.05) is 71.6 Å². The SMILES string of the molecule is O=C(CN1c2ccccc2C=CC1Cl)c1ccccc1. The number of anilines is 1. The van der Waals surface area contributed by atoms with Gasteiger partial charge in [0.15, 0.2) is 5.78 Å². The quantitative estimate of drug-likeness (QED) is 0.483. The van der Waals surface area contributed by atoms with Gasteiger partial charge in [0.2, 0.25) is 0 Å². The van der Waals surface area contributed by atoms with Crippen LogP contribution in [0.15, 0.2) is 60.7 Å². The minimum absolute atomic E-state index is 0.0707. The fourth-order valence-electron chi connectivity index (χ4n) is 2.35. The number of hydrogen-bond acceptors (Lipinski definition) is 2. The number of nitrogens with zero attached hydrogens (tertiary/aromatic N) is 1. The average Bonchev–Trinajstić information content (AvgIpc) is 2.51. The van der Waals surface area contributed by atoms with Crippen LogP contribution in [-0.4, -0.2) is 17.8 Å². The first-order valence-corrected chi connectivity index (χ1v) is 6.95. The maximum absolute atomic E-state index is 12.3. The normalized spacial score (nSPS) is 16.9. The number of carbonyl (C=O) groups excluding carboxylic acids is 1. The Bertz CT molecular complexity index is 651. The molecule has 3 heteroatoms. The number of ketones is 1. The third-order valence-electron chi connectivity index (χ3n) is 3.39. The van der Waals surface area contributed by atoms with Gasteiger partial charge < -0.3 is 4.90 Å². The molecule has 0 N–H and O–H groups in total. The molecule has 0 aromatic heterocycles. The van der Waals surface area contributed by atoms with Crippen molar-refractivity contribution >= 4 is 29.1 Å². The highest BCUT2D eigenvalue weighted by Gasteiger charge is 2.22. The van der Waals surface area contributed by atoms with Crippen LogP contribution in [-0.2, 0) is 0 Å². The summed E-state index contributed by atoms with van der Waals surface area (Å²) in [5.74, 6) is 0.0707. The molecule has 0 saturated carbocycles. The van der Waals surface area contributed by atoms with E-state index >= 15 is 0 Å². The van der Waals surface area contributed by atoms with Crippen LogP contribution in [0.5, 0.6) is 0 Å². The zero-order chi connectivity index (χ0) is 13.9. The molecule has 100 valence electrons. The van der Waals surface area contributed by atoms with Crippen LogP contribution in [0.25, 0.3) is 6.08 Å². The zero-order valence-corrected chi connectivity index (χ0v) is 11.6. The van der Waals surface area contributed by atoms with E-state index in [0.29, 0.717) is 5.56 Å². The van der Waals surface area contributed by atoms with Crippen LogP contribution in [0, 0.1) is 0 Å². The number of Topliss-reactive ketones (excluding diaryl/α,β-unsaturated/α-hetero) is 1. The molecule has 0 amide bonds. The van der Waals surface area contributed by atoms with Crippen LogP contribution in [0.1, 0.15) is 15.9 Å². The first-order valence-electron chi connectivity index (χ1n) is 6.52. The molecule has 1 aliphatic heterocycles. The van der Waals surface area contributed by atoms with Crippen molar-refractivity contribution in [3.05, 3.63) is 71.8 Å². The lowest BCUT2D eigenvalue weighted by Crippen LogP contribution is -2.36. The number of benzene rings is 2. The number of fused-ring (bicyclic) bond motifs is 1. The van der Waals surface area contributed by atoms with Crippen molar-refractivity contribution in [2.75, 3.05) is 11.4 Å². The van der Waals surface area contributed by atoms with E-state index in [-0.39, 0.29) is 17.8 Å². The molecule has 3 rings (SSSR count). The summed E-state index contributed by atoms with van der Waals surface area (Å²) < 4.78 is 0. The Labute approximate surface area is 123 Å². The van der Waals surface area contributed by atoms with E-state index in [1.165, 1.54) is 0 Å². The summed E-state index contributed by atoms with van der Waals surface area (Å²) in [5.41, 5.74) is 2.51. The van der Waals surface area contributed by atoms with E-state index in [4.69, 9.17) is 11.6 Å². The molecule has 1 atom stereocenters. The first kappa shape index (κ1) is 12.9. The Balaban J connectivity index is 1.87. The third kappa shape index (κ3) is 2.47. The van der Waals surface area contributed by atoms with Crippen molar-refractivity contribution in [3.63, 3.8) is 0 Å². The van der Waals surface area contributed by atoms with Gasteiger partial charge >= 0.3 is 0 Å². The van der Waals surface area contributed by atoms with Gasteiger partial charge in [-0.1, -0.05) is 66.2 Å². The number of carbonyl (C=O) groups is 1. The Kier molecular flexibility index (Phi) is 3.57. The molecule has 1 heterocycles. The van der Waals surface area contributed by atoms with Gasteiger partial charge in [0, 0.05) is 11.3 Å². The van der Waals surface area contributed by atoms with Gasteiger partial charge in [-0.2, -0.15) is 0 Å². The fourth-order valence-corrected chi connectivity index (χ4v) is 2.60. The van der Waals surface area contributed by atoms with Gasteiger partial charge in [0.25, 0.3) is 0 Å². The summed E-state index contributed by atoms with van der Waals surface area (Å²) in [5, 5.41) is 0. The van der Waals surface area contributed by atoms with Crippen LogP contribution >= 0.6 is 11.6 Å². The van der Waals surface area contributed by atoms with Crippen LogP contribution in [0.3, 0.4) is 0 Å². The van der Waals surface area contributed by atoms with Crippen molar-refractivity contribution in [2.45, 2.75) is 5.50 Å². The second-order valence-electron chi connectivity index (χ2n) is 4.71. The highest BCUT2D eigenvalue weighted by molar-refractivity contribution is 6.24. The monoisotopic (exact) mass is 283 g/mol. The second-order valence-corrected chi connectivity index (χ2v) is 5.15. The maximum Gasteiger partial charge on any atom is 0.182 e. The summed E-state index contributed by atoms with van der Waals surface area (Å²) in [6.45, 7) is 0.277. The van der Waals surface area contributed by atoms with E-state index in [1.54, 1.807) is 0 Å². The minimum atomic E-state index is -0.294. The van der Waals surface area contributed by atoms with Crippen molar-refractivity contribution in [1.29, 1.82) is 0 Å². The standard InChI is InChI=1S/C17H14ClNO/c18-17-11-10-13-6-4-5-9-15(13)19(17)12-16(20)14-7-2-1-3-8-14/h1-11,17H,12H2. The smallest absolute Gasteiger partial charge is 0.182 e. The molecule has 0 saturated heterocycles. The van der Waals surface area contributed by atoms with Crippen molar-refractivity contribution < 1.29 is 4.79 Å². The predicted molar refractivity (Wildman–Crippen MR) is 83.2 cm³/mol. The van der Waals surface area contributed by atoms with Gasteiger partial charge in [-0.05, 0) is 17.7 Å². The van der Waals surface area contributed by atoms with Gasteiger partial charge in [0.1, 0.15) is 5.50 Å². The van der Waals surface area contributed by atoms with Gasteiger partial charge in [-0.15, -0.1) is 0 Å². The average molecular weight is 284 g/mol. The zero-order valence-electron chi connectivity index (χ0n) is 10.9. The largest absolute Gasteiger partial charge is 0.344 e. The molecule has 0 aliphatic carbocycles. The molecule has 0 radical (unpaired) electrons. The molecule has 2 aromatic carbocycles. The molecule has 20 heavy (non-hydrogen) atoms. The lowest BCUT2D eigenvalue weighted by atomic mass is 10.1. The van der Waals surface area contributed by atoms with E-state index in [0.717, 1.165) is 11.3 Å². The number of alkyl halides is 1. The summed E-state index contributed by atoms with van der Waals surface area (Å²) in [6.07, 6.45) is 3.90. The van der Waals surface area contributed by atoms with Gasteiger partial charge in [-0.3, -0.25) is 4.79 Å². The number of halogens is 1. The minimum Gasteiger partial charge on any atom is -0.344 e. The predicted octanol–water partition coefficient (Wildman–Crippen LogP) is 3.97. The van der Waals surface area contributed by atoms with Crippen molar-refractivity contribution in [2.24, 2.45) is 0 Å². The second kappa shape index (κ2) is 5.51. The Morgan fingerprint density at radius 1 is 1.05 bits per heavy atom. The lowest BCUT2D eigenvalue weighted by Gasteiger charge is -2.31. The highest BCUT2D eigenvalue weighted by atomic mass is 35.5. The van der Waals surface area contributed by atoms with Crippen LogP contribution in [0.4, 0.5) is 5.69 Å². The molecular formula is C17H14ClNO. The van der Waals surface area contributed by atoms with E-state index < -0.39 is 0 Å². The van der Waals surface area contributed by atoms with E-state index in [2.05, 4.69) is 0 Å². The van der Waals surface area contributed by atoms with Crippen molar-refractivity contribution in [1.82, 2.24) is 0 Å². The molecular weight excluding hydrogens is 270 g/mol. The van der Waals surface area contributed by atoms with Crippen molar-refractivity contribution in [3.8, 4) is 0 Å². The summed E-state index contributed by atoms with van der Waals surface area (Å²) >= 11 is 6.33. The highest BCUT2D eigenvalue weighted by Crippen LogP contribution is 2.30. The summed E-state index contributed by atoms with van der Waals surface area (Å²) in [6, 6.07) is 17.3. The number of para-hydroxylation sites is 1. The summed E-state index contributed by atoms with van der Waals surface area (Å²) in [4.78, 5) is 14.3. The Morgan fingerprint density at radius 3 is 2.55 bits per heavy atom. The Hall–Kier alpha value is -2.06. The third-order valence-corrected chi connectivity index (χ3v) is 3.77. The molecule has 2 aromatic rings. The van der Waals surface area contributed by atoms with Crippen LogP contribution in [0.2, 0.25) is 0 Å². The molecule has 1 unspecified atom stereocenters. The molecule has 2 nitrogen and oxygen atoms in total. The van der Waals surface area contributed by atoms with E-state index in [9.17, 15) is 4.79 Å². The van der Waals surface area contributed by atoms with Gasteiger partial charge in [-0.25, -0.2) is 0 Å². The Morgan fingerprint density at radius 2 is 1.75 bits per heavy atom. The first-order chi connectivity index (χ1) is 9.75. The number of rotatable bonds is 3. The van der Waals surface area contributed by atoms with Crippen LogP contribution < -0.4 is 4.90 Å². The molecule has 0 bridgehead atoms. The van der Waals surface area contributed by atoms with Gasteiger partial charge in [0.05, 0.1) is 6.54 Å². The topological polar surface area (TPSA) is 20.3 Å². The summed E-state index contributed by atoms with van der Waals surface area (Å²) in [7, 11) is 0. The lowest BCUT2D eigenvalue weighted by molar-refractivity contribution is 0.0999. The molecule has 1 aliphatic rings.